The zero-order valence-electron chi connectivity index (χ0n) is 15.3. The maximum absolute atomic E-state index is 11.9. The molecule has 0 atom stereocenters. The topological polar surface area (TPSA) is 49.4 Å². The first-order chi connectivity index (χ1) is 12.1. The van der Waals surface area contributed by atoms with E-state index in [0.29, 0.717) is 19.5 Å². The van der Waals surface area contributed by atoms with Crippen molar-refractivity contribution in [2.45, 2.75) is 51.9 Å². The Morgan fingerprint density at radius 1 is 1.08 bits per heavy atom. The van der Waals surface area contributed by atoms with E-state index in [1.165, 1.54) is 36.8 Å². The number of carbonyl (C=O) groups excluding carboxylic acids is 2. The highest BCUT2D eigenvalue weighted by atomic mass is 16.2. The molecule has 0 heterocycles. The molecule has 2 amide bonds. The molecule has 0 saturated carbocycles. The van der Waals surface area contributed by atoms with Crippen LogP contribution in [0.4, 0.5) is 0 Å². The average molecular weight is 342 g/mol. The summed E-state index contributed by atoms with van der Waals surface area (Å²) in [5.74, 6) is 0.122. The standard InChI is InChI=1S/C21H30N2O2/c1-18(24)23(16-14-20-10-6-3-7-11-20)17-15-22-21(25)13-12-19-8-4-2-5-9-19/h2,4-5,8-10H,3,6-7,11-17H2,1H3,(H,22,25). The van der Waals surface area contributed by atoms with E-state index in [1.54, 1.807) is 6.92 Å². The predicted octanol–water partition coefficient (Wildman–Crippen LogP) is 3.47. The molecular weight excluding hydrogens is 312 g/mol. The van der Waals surface area contributed by atoms with Crippen LogP contribution in [0, 0.1) is 0 Å². The van der Waals surface area contributed by atoms with Crippen LogP contribution in [0.5, 0.6) is 0 Å². The molecule has 4 nitrogen and oxygen atoms in total. The quantitative estimate of drug-likeness (QED) is 0.699. The zero-order chi connectivity index (χ0) is 17.9. The van der Waals surface area contributed by atoms with Gasteiger partial charge in [0.05, 0.1) is 0 Å². The van der Waals surface area contributed by atoms with E-state index in [-0.39, 0.29) is 11.8 Å². The summed E-state index contributed by atoms with van der Waals surface area (Å²) in [6.07, 6.45) is 9.41. The lowest BCUT2D eigenvalue weighted by molar-refractivity contribution is -0.129. The van der Waals surface area contributed by atoms with Gasteiger partial charge in [0.1, 0.15) is 0 Å². The molecule has 1 aromatic rings. The molecule has 0 spiro atoms. The molecule has 0 fully saturated rings. The Balaban J connectivity index is 1.65. The molecule has 0 unspecified atom stereocenters. The fourth-order valence-corrected chi connectivity index (χ4v) is 3.16. The second-order valence-corrected chi connectivity index (χ2v) is 6.70. The summed E-state index contributed by atoms with van der Waals surface area (Å²) in [6, 6.07) is 10.0. The van der Waals surface area contributed by atoms with E-state index < -0.39 is 0 Å². The molecule has 1 aromatic carbocycles. The van der Waals surface area contributed by atoms with Crippen molar-refractivity contribution in [3.8, 4) is 0 Å². The molecule has 2 rings (SSSR count). The Bertz CT molecular complexity index is 581. The van der Waals surface area contributed by atoms with Crippen molar-refractivity contribution in [1.29, 1.82) is 0 Å². The van der Waals surface area contributed by atoms with Gasteiger partial charge in [-0.15, -0.1) is 0 Å². The van der Waals surface area contributed by atoms with Crippen LogP contribution in [-0.2, 0) is 16.0 Å². The Morgan fingerprint density at radius 3 is 2.56 bits per heavy atom. The molecule has 0 saturated heterocycles. The van der Waals surface area contributed by atoms with E-state index in [1.807, 2.05) is 35.2 Å². The zero-order valence-corrected chi connectivity index (χ0v) is 15.3. The lowest BCUT2D eigenvalue weighted by Crippen LogP contribution is -2.38. The first-order valence-corrected chi connectivity index (χ1v) is 9.39. The molecule has 1 aliphatic carbocycles. The summed E-state index contributed by atoms with van der Waals surface area (Å²) >= 11 is 0. The van der Waals surface area contributed by atoms with Gasteiger partial charge < -0.3 is 10.2 Å². The highest BCUT2D eigenvalue weighted by molar-refractivity contribution is 5.76. The molecule has 4 heteroatoms. The number of allylic oxidation sites excluding steroid dienone is 1. The Hall–Kier alpha value is -2.10. The summed E-state index contributed by atoms with van der Waals surface area (Å²) in [7, 11) is 0. The van der Waals surface area contributed by atoms with Crippen molar-refractivity contribution in [1.82, 2.24) is 10.2 Å². The number of amides is 2. The van der Waals surface area contributed by atoms with Crippen molar-refractivity contribution >= 4 is 11.8 Å². The van der Waals surface area contributed by atoms with Crippen molar-refractivity contribution in [3.05, 3.63) is 47.5 Å². The summed E-state index contributed by atoms with van der Waals surface area (Å²) in [5.41, 5.74) is 2.65. The van der Waals surface area contributed by atoms with Gasteiger partial charge in [-0.05, 0) is 44.1 Å². The largest absolute Gasteiger partial charge is 0.354 e. The van der Waals surface area contributed by atoms with Gasteiger partial charge in [0.15, 0.2) is 0 Å². The van der Waals surface area contributed by atoms with Crippen molar-refractivity contribution in [2.75, 3.05) is 19.6 Å². The number of rotatable bonds is 9. The third-order valence-electron chi connectivity index (χ3n) is 4.72. The fraction of sp³-hybridized carbons (Fsp3) is 0.524. The number of hydrogen-bond donors (Lipinski definition) is 1. The number of nitrogens with zero attached hydrogens (tertiary/aromatic N) is 1. The number of benzene rings is 1. The monoisotopic (exact) mass is 342 g/mol. The predicted molar refractivity (Wildman–Crippen MR) is 101 cm³/mol. The minimum atomic E-state index is 0.0438. The summed E-state index contributed by atoms with van der Waals surface area (Å²) in [5, 5.41) is 2.93. The van der Waals surface area contributed by atoms with Gasteiger partial charge in [0.25, 0.3) is 0 Å². The SMILES string of the molecule is CC(=O)N(CCNC(=O)CCc1ccccc1)CCC1=CCCCC1. The first kappa shape index (κ1) is 19.2. The van der Waals surface area contributed by atoms with E-state index in [2.05, 4.69) is 11.4 Å². The fourth-order valence-electron chi connectivity index (χ4n) is 3.16. The molecular formula is C21H30N2O2. The lowest BCUT2D eigenvalue weighted by atomic mass is 9.97. The van der Waals surface area contributed by atoms with E-state index >= 15 is 0 Å². The summed E-state index contributed by atoms with van der Waals surface area (Å²) in [4.78, 5) is 25.6. The van der Waals surface area contributed by atoms with Crippen LogP contribution < -0.4 is 5.32 Å². The molecule has 0 aliphatic heterocycles. The van der Waals surface area contributed by atoms with Crippen molar-refractivity contribution in [3.63, 3.8) is 0 Å². The highest BCUT2D eigenvalue weighted by Crippen LogP contribution is 2.20. The second-order valence-electron chi connectivity index (χ2n) is 6.70. The first-order valence-electron chi connectivity index (χ1n) is 9.39. The molecule has 1 N–H and O–H groups in total. The highest BCUT2D eigenvalue weighted by Gasteiger charge is 2.11. The molecule has 0 bridgehead atoms. The number of aryl methyl sites for hydroxylation is 1. The smallest absolute Gasteiger partial charge is 0.220 e. The van der Waals surface area contributed by atoms with Crippen molar-refractivity contribution < 1.29 is 9.59 Å². The van der Waals surface area contributed by atoms with Crippen molar-refractivity contribution in [2.24, 2.45) is 0 Å². The maximum Gasteiger partial charge on any atom is 0.220 e. The van der Waals surface area contributed by atoms with Gasteiger partial charge in [0, 0.05) is 33.0 Å². The van der Waals surface area contributed by atoms with Gasteiger partial charge in [0.2, 0.25) is 11.8 Å². The molecule has 25 heavy (non-hydrogen) atoms. The average Bonchev–Trinajstić information content (AvgIpc) is 2.64. The Kier molecular flexibility index (Phi) is 8.23. The lowest BCUT2D eigenvalue weighted by Gasteiger charge is -2.23. The summed E-state index contributed by atoms with van der Waals surface area (Å²) in [6.45, 7) is 3.46. The summed E-state index contributed by atoms with van der Waals surface area (Å²) < 4.78 is 0. The van der Waals surface area contributed by atoms with Gasteiger partial charge in [-0.2, -0.15) is 0 Å². The normalized spacial score (nSPS) is 13.9. The minimum absolute atomic E-state index is 0.0438. The van der Waals surface area contributed by atoms with Crippen LogP contribution in [0.2, 0.25) is 0 Å². The number of nitrogens with one attached hydrogen (secondary N) is 1. The van der Waals surface area contributed by atoms with E-state index in [9.17, 15) is 9.59 Å². The maximum atomic E-state index is 11.9. The Morgan fingerprint density at radius 2 is 1.88 bits per heavy atom. The molecule has 1 aliphatic rings. The molecule has 0 radical (unpaired) electrons. The van der Waals surface area contributed by atoms with Crippen LogP contribution in [0.1, 0.15) is 51.0 Å². The van der Waals surface area contributed by atoms with Gasteiger partial charge in [-0.1, -0.05) is 42.0 Å². The number of carbonyl (C=O) groups is 2. The van der Waals surface area contributed by atoms with Gasteiger partial charge >= 0.3 is 0 Å². The Labute approximate surface area is 151 Å². The number of hydrogen-bond acceptors (Lipinski definition) is 2. The van der Waals surface area contributed by atoms with Crippen LogP contribution in [-0.4, -0.2) is 36.3 Å². The third kappa shape index (κ3) is 7.55. The van der Waals surface area contributed by atoms with Gasteiger partial charge in [-0.3, -0.25) is 9.59 Å². The van der Waals surface area contributed by atoms with Gasteiger partial charge in [-0.25, -0.2) is 0 Å². The van der Waals surface area contributed by atoms with E-state index in [0.717, 1.165) is 19.4 Å². The van der Waals surface area contributed by atoms with Crippen LogP contribution >= 0.6 is 0 Å². The van der Waals surface area contributed by atoms with E-state index in [4.69, 9.17) is 0 Å². The van der Waals surface area contributed by atoms with Crippen LogP contribution in [0.15, 0.2) is 42.0 Å². The second kappa shape index (κ2) is 10.7. The molecule has 0 aromatic heterocycles. The molecule has 136 valence electrons. The van der Waals surface area contributed by atoms with Crippen LogP contribution in [0.3, 0.4) is 0 Å². The van der Waals surface area contributed by atoms with Crippen LogP contribution in [0.25, 0.3) is 0 Å². The minimum Gasteiger partial charge on any atom is -0.354 e. The third-order valence-corrected chi connectivity index (χ3v) is 4.72.